The summed E-state index contributed by atoms with van der Waals surface area (Å²) in [5.41, 5.74) is 3.01. The van der Waals surface area contributed by atoms with E-state index in [1.807, 2.05) is 22.8 Å². The van der Waals surface area contributed by atoms with Crippen LogP contribution in [0.25, 0.3) is 11.2 Å². The second-order valence-electron chi connectivity index (χ2n) is 7.17. The number of methoxy groups -OCH3 is 1. The molecule has 0 bridgehead atoms. The highest BCUT2D eigenvalue weighted by molar-refractivity contribution is 6.30. The molecule has 0 saturated carbocycles. The molecule has 4 rings (SSSR count). The van der Waals surface area contributed by atoms with Gasteiger partial charge < -0.3 is 14.0 Å². The highest BCUT2D eigenvalue weighted by atomic mass is 35.5. The van der Waals surface area contributed by atoms with Gasteiger partial charge in [0.1, 0.15) is 11.3 Å². The number of carbonyl (C=O) groups is 2. The molecule has 32 heavy (non-hydrogen) atoms. The van der Waals surface area contributed by atoms with E-state index in [1.165, 1.54) is 7.11 Å². The maximum Gasteiger partial charge on any atom is 0.346 e. The Balaban J connectivity index is 1.65. The number of carbonyl (C=O) groups excluding carboxylic acids is 2. The summed E-state index contributed by atoms with van der Waals surface area (Å²) in [5, 5.41) is 0.562. The minimum absolute atomic E-state index is 0.157. The Morgan fingerprint density at radius 2 is 1.84 bits per heavy atom. The number of aromatic nitrogens is 3. The zero-order chi connectivity index (χ0) is 22.7. The van der Waals surface area contributed by atoms with Crippen molar-refractivity contribution in [3.05, 3.63) is 88.8 Å². The molecule has 2 heterocycles. The number of fused-ring (bicyclic) bond motifs is 1. The number of ketones is 1. The second kappa shape index (κ2) is 9.20. The summed E-state index contributed by atoms with van der Waals surface area (Å²) >= 11 is 5.95. The van der Waals surface area contributed by atoms with Crippen LogP contribution in [0.4, 0.5) is 0 Å². The second-order valence-corrected chi connectivity index (χ2v) is 7.60. The van der Waals surface area contributed by atoms with Crippen LogP contribution in [0.2, 0.25) is 5.02 Å². The number of ether oxygens (including phenoxy) is 2. The molecule has 2 aromatic heterocycles. The Morgan fingerprint density at radius 1 is 1.09 bits per heavy atom. The summed E-state index contributed by atoms with van der Waals surface area (Å²) in [4.78, 5) is 33.6. The molecular formula is C24H20ClN3O4. The van der Waals surface area contributed by atoms with Crippen LogP contribution in [0.5, 0.6) is 5.75 Å². The van der Waals surface area contributed by atoms with Crippen LogP contribution in [0.3, 0.4) is 0 Å². The predicted octanol–water partition coefficient (Wildman–Crippen LogP) is 4.30. The lowest BCUT2D eigenvalue weighted by molar-refractivity contribution is -0.147. The standard InChI is InChI=1S/C24H20ClN3O4/c1-15(24(30)31-2)32-19-5-3-4-16(12-19)13-28-14-20(21-23(28)27-11-10-26-21)22(29)17-6-8-18(25)9-7-17/h3-12,14-15H,13H2,1-2H3/t15-/m0/s1. The van der Waals surface area contributed by atoms with Gasteiger partial charge in [-0.05, 0) is 48.9 Å². The zero-order valence-electron chi connectivity index (χ0n) is 17.5. The summed E-state index contributed by atoms with van der Waals surface area (Å²) in [6.07, 6.45) is 4.18. The highest BCUT2D eigenvalue weighted by Gasteiger charge is 2.19. The average molecular weight is 450 g/mol. The third kappa shape index (κ3) is 4.48. The van der Waals surface area contributed by atoms with Gasteiger partial charge in [-0.15, -0.1) is 0 Å². The monoisotopic (exact) mass is 449 g/mol. The van der Waals surface area contributed by atoms with Crippen LogP contribution in [-0.2, 0) is 16.1 Å². The Labute approximate surface area is 189 Å². The highest BCUT2D eigenvalue weighted by Crippen LogP contribution is 2.23. The number of esters is 1. The van der Waals surface area contributed by atoms with Gasteiger partial charge in [0.15, 0.2) is 17.5 Å². The fourth-order valence-electron chi connectivity index (χ4n) is 3.38. The quantitative estimate of drug-likeness (QED) is 0.309. The van der Waals surface area contributed by atoms with E-state index < -0.39 is 12.1 Å². The first-order chi connectivity index (χ1) is 15.5. The number of halogens is 1. The lowest BCUT2D eigenvalue weighted by Gasteiger charge is -2.13. The third-order valence-electron chi connectivity index (χ3n) is 4.94. The minimum Gasteiger partial charge on any atom is -0.479 e. The summed E-state index contributed by atoms with van der Waals surface area (Å²) in [6.45, 7) is 2.06. The zero-order valence-corrected chi connectivity index (χ0v) is 18.2. The number of hydrogen-bond donors (Lipinski definition) is 0. The molecule has 0 amide bonds. The first kappa shape index (κ1) is 21.5. The molecule has 7 nitrogen and oxygen atoms in total. The molecule has 162 valence electrons. The van der Waals surface area contributed by atoms with Crippen LogP contribution >= 0.6 is 11.6 Å². The number of benzene rings is 2. The van der Waals surface area contributed by atoms with E-state index in [9.17, 15) is 9.59 Å². The molecule has 0 spiro atoms. The summed E-state index contributed by atoms with van der Waals surface area (Å²) in [5.74, 6) is -0.0669. The van der Waals surface area contributed by atoms with E-state index in [1.54, 1.807) is 55.8 Å². The van der Waals surface area contributed by atoms with Gasteiger partial charge in [-0.1, -0.05) is 23.7 Å². The summed E-state index contributed by atoms with van der Waals surface area (Å²) < 4.78 is 12.2. The average Bonchev–Trinajstić information content (AvgIpc) is 3.17. The van der Waals surface area contributed by atoms with Crippen LogP contribution < -0.4 is 4.74 Å². The van der Waals surface area contributed by atoms with Crippen LogP contribution in [0, 0.1) is 0 Å². The Hall–Kier alpha value is -3.71. The van der Waals surface area contributed by atoms with Crippen molar-refractivity contribution in [1.29, 1.82) is 0 Å². The molecule has 0 radical (unpaired) electrons. The minimum atomic E-state index is -0.725. The van der Waals surface area contributed by atoms with Gasteiger partial charge in [0, 0.05) is 35.7 Å². The maximum absolute atomic E-state index is 13.1. The molecule has 0 fully saturated rings. The predicted molar refractivity (Wildman–Crippen MR) is 120 cm³/mol. The third-order valence-corrected chi connectivity index (χ3v) is 5.19. The fourth-order valence-corrected chi connectivity index (χ4v) is 3.51. The Kier molecular flexibility index (Phi) is 6.18. The smallest absolute Gasteiger partial charge is 0.346 e. The van der Waals surface area contributed by atoms with Gasteiger partial charge in [-0.25, -0.2) is 9.78 Å². The molecule has 1 atom stereocenters. The lowest BCUT2D eigenvalue weighted by Crippen LogP contribution is -2.24. The van der Waals surface area contributed by atoms with E-state index >= 15 is 0 Å². The lowest BCUT2D eigenvalue weighted by atomic mass is 10.1. The number of rotatable bonds is 7. The van der Waals surface area contributed by atoms with Gasteiger partial charge in [0.2, 0.25) is 0 Å². The first-order valence-electron chi connectivity index (χ1n) is 9.90. The van der Waals surface area contributed by atoms with Crippen molar-refractivity contribution >= 4 is 34.5 Å². The molecule has 0 saturated heterocycles. The molecule has 8 heteroatoms. The van der Waals surface area contributed by atoms with Crippen molar-refractivity contribution in [3.8, 4) is 5.75 Å². The Bertz CT molecular complexity index is 1280. The van der Waals surface area contributed by atoms with E-state index in [2.05, 4.69) is 9.97 Å². The molecule has 0 aliphatic heterocycles. The number of hydrogen-bond acceptors (Lipinski definition) is 6. The molecular weight excluding hydrogens is 430 g/mol. The largest absolute Gasteiger partial charge is 0.479 e. The van der Waals surface area contributed by atoms with Crippen LogP contribution in [0.15, 0.2) is 67.1 Å². The molecule has 4 aromatic rings. The number of nitrogens with zero attached hydrogens (tertiary/aromatic N) is 3. The van der Waals surface area contributed by atoms with Crippen LogP contribution in [0.1, 0.15) is 28.4 Å². The van der Waals surface area contributed by atoms with E-state index in [0.717, 1.165) is 5.56 Å². The van der Waals surface area contributed by atoms with Crippen molar-refractivity contribution in [2.24, 2.45) is 0 Å². The van der Waals surface area contributed by atoms with Gasteiger partial charge >= 0.3 is 5.97 Å². The van der Waals surface area contributed by atoms with E-state index in [-0.39, 0.29) is 5.78 Å². The maximum atomic E-state index is 13.1. The Morgan fingerprint density at radius 3 is 2.59 bits per heavy atom. The molecule has 0 unspecified atom stereocenters. The van der Waals surface area contributed by atoms with Crippen molar-refractivity contribution in [3.63, 3.8) is 0 Å². The topological polar surface area (TPSA) is 83.3 Å². The van der Waals surface area contributed by atoms with E-state index in [0.29, 0.717) is 39.6 Å². The van der Waals surface area contributed by atoms with Crippen molar-refractivity contribution in [2.45, 2.75) is 19.6 Å². The molecule has 0 aliphatic carbocycles. The van der Waals surface area contributed by atoms with Gasteiger partial charge in [0.05, 0.1) is 12.7 Å². The van der Waals surface area contributed by atoms with Gasteiger partial charge in [-0.2, -0.15) is 0 Å². The molecule has 2 aromatic carbocycles. The van der Waals surface area contributed by atoms with Gasteiger partial charge in [-0.3, -0.25) is 9.78 Å². The summed E-state index contributed by atoms with van der Waals surface area (Å²) in [6, 6.07) is 14.1. The van der Waals surface area contributed by atoms with Gasteiger partial charge in [0.25, 0.3) is 0 Å². The van der Waals surface area contributed by atoms with E-state index in [4.69, 9.17) is 21.1 Å². The van der Waals surface area contributed by atoms with Crippen molar-refractivity contribution < 1.29 is 19.1 Å². The SMILES string of the molecule is COC(=O)[C@H](C)Oc1cccc(Cn2cc(C(=O)c3ccc(Cl)cc3)c3nccnc32)c1. The fraction of sp³-hybridized carbons (Fsp3) is 0.167. The first-order valence-corrected chi connectivity index (χ1v) is 10.3. The normalized spacial score (nSPS) is 11.8. The van der Waals surface area contributed by atoms with Crippen molar-refractivity contribution in [2.75, 3.05) is 7.11 Å². The van der Waals surface area contributed by atoms with Crippen LogP contribution in [-0.4, -0.2) is 39.5 Å². The van der Waals surface area contributed by atoms with Crippen molar-refractivity contribution in [1.82, 2.24) is 14.5 Å². The molecule has 0 aliphatic rings. The summed E-state index contributed by atoms with van der Waals surface area (Å²) in [7, 11) is 1.32. The molecule has 0 N–H and O–H groups in total.